The summed E-state index contributed by atoms with van der Waals surface area (Å²) < 4.78 is 2.91. The molecule has 9 heteroatoms. The van der Waals surface area contributed by atoms with Crippen molar-refractivity contribution in [3.8, 4) is 0 Å². The van der Waals surface area contributed by atoms with Crippen LogP contribution in [0.25, 0.3) is 9.65 Å². The standard InChI is InChI=1S/C14H17ClN4O3Se/c1-10-3-4-12-11(9-10)13(20)19(23-12)7-2-6-16-14(21)18(17-22)8-5-15/h3-4,9H,2,5-8H2,1H3,(H,16,21). The van der Waals surface area contributed by atoms with Crippen LogP contribution in [0.4, 0.5) is 4.79 Å². The van der Waals surface area contributed by atoms with Gasteiger partial charge in [0.15, 0.2) is 0 Å². The molecule has 0 saturated heterocycles. The Morgan fingerprint density at radius 3 is 2.96 bits per heavy atom. The van der Waals surface area contributed by atoms with Crippen LogP contribution in [0.5, 0.6) is 0 Å². The van der Waals surface area contributed by atoms with Gasteiger partial charge in [0.25, 0.3) is 0 Å². The first kappa shape index (κ1) is 17.7. The molecule has 124 valence electrons. The van der Waals surface area contributed by atoms with Crippen molar-refractivity contribution in [2.75, 3.05) is 19.0 Å². The Morgan fingerprint density at radius 1 is 1.48 bits per heavy atom. The molecule has 2 amide bonds. The number of nitrogens with one attached hydrogen (secondary N) is 1. The molecule has 0 spiro atoms. The number of aryl methyl sites for hydroxylation is 2. The van der Waals surface area contributed by atoms with Gasteiger partial charge in [-0.3, -0.25) is 0 Å². The minimum atomic E-state index is -0.571. The minimum absolute atomic E-state index is 0.0147. The topological polar surface area (TPSA) is 83.8 Å². The van der Waals surface area contributed by atoms with Crippen molar-refractivity contribution in [2.24, 2.45) is 5.29 Å². The van der Waals surface area contributed by atoms with E-state index in [4.69, 9.17) is 11.6 Å². The van der Waals surface area contributed by atoms with Crippen molar-refractivity contribution in [1.29, 1.82) is 0 Å². The summed E-state index contributed by atoms with van der Waals surface area (Å²) in [4.78, 5) is 34.4. The van der Waals surface area contributed by atoms with E-state index in [0.717, 1.165) is 20.2 Å². The number of nitrogens with zero attached hydrogens (tertiary/aromatic N) is 3. The maximum atomic E-state index is 12.3. The Morgan fingerprint density at radius 2 is 2.26 bits per heavy atom. The predicted molar refractivity (Wildman–Crippen MR) is 91.1 cm³/mol. The summed E-state index contributed by atoms with van der Waals surface area (Å²) in [7, 11) is 0. The molecule has 0 aliphatic carbocycles. The Kier molecular flexibility index (Phi) is 6.38. The Labute approximate surface area is 144 Å². The summed E-state index contributed by atoms with van der Waals surface area (Å²) in [5.41, 5.74) is 1.12. The van der Waals surface area contributed by atoms with Gasteiger partial charge in [-0.25, -0.2) is 0 Å². The molecule has 1 aromatic carbocycles. The van der Waals surface area contributed by atoms with E-state index in [1.54, 1.807) is 0 Å². The van der Waals surface area contributed by atoms with Crippen LogP contribution in [0, 0.1) is 11.8 Å². The molecule has 1 N–H and O–H groups in total. The number of aromatic nitrogens is 1. The molecule has 0 fully saturated rings. The number of alkyl halides is 1. The van der Waals surface area contributed by atoms with Gasteiger partial charge in [-0.15, -0.1) is 0 Å². The molecule has 0 radical (unpaired) electrons. The fourth-order valence-electron chi connectivity index (χ4n) is 2.10. The van der Waals surface area contributed by atoms with Gasteiger partial charge in [0, 0.05) is 0 Å². The number of fused-ring (bicyclic) bond motifs is 1. The van der Waals surface area contributed by atoms with Gasteiger partial charge in [-0.2, -0.15) is 0 Å². The van der Waals surface area contributed by atoms with E-state index in [9.17, 15) is 14.5 Å². The number of benzene rings is 1. The van der Waals surface area contributed by atoms with Crippen LogP contribution in [-0.4, -0.2) is 48.3 Å². The molecule has 2 aromatic rings. The average molecular weight is 404 g/mol. The van der Waals surface area contributed by atoms with E-state index in [1.165, 1.54) is 0 Å². The number of rotatable bonds is 7. The van der Waals surface area contributed by atoms with Crippen LogP contribution in [-0.2, 0) is 6.54 Å². The third-order valence-electron chi connectivity index (χ3n) is 3.24. The van der Waals surface area contributed by atoms with Gasteiger partial charge >= 0.3 is 144 Å². The van der Waals surface area contributed by atoms with Crippen LogP contribution >= 0.6 is 11.6 Å². The first-order valence-corrected chi connectivity index (χ1v) is 9.27. The average Bonchev–Trinajstić information content (AvgIpc) is 2.85. The van der Waals surface area contributed by atoms with E-state index >= 15 is 0 Å². The Balaban J connectivity index is 1.90. The van der Waals surface area contributed by atoms with E-state index in [2.05, 4.69) is 10.6 Å². The molecule has 0 unspecified atom stereocenters. The van der Waals surface area contributed by atoms with Gasteiger partial charge in [0.1, 0.15) is 0 Å². The van der Waals surface area contributed by atoms with Crippen molar-refractivity contribution in [3.05, 3.63) is 39.0 Å². The summed E-state index contributed by atoms with van der Waals surface area (Å²) in [6, 6.07) is 5.36. The number of carbonyl (C=O) groups excluding carboxylic acids is 1. The first-order chi connectivity index (χ1) is 11.1. The quantitative estimate of drug-likeness (QED) is 0.251. The summed E-state index contributed by atoms with van der Waals surface area (Å²) in [5.74, 6) is 0.141. The monoisotopic (exact) mass is 404 g/mol. The van der Waals surface area contributed by atoms with Crippen molar-refractivity contribution < 1.29 is 4.79 Å². The molecule has 0 bridgehead atoms. The van der Waals surface area contributed by atoms with Crippen LogP contribution in [0.2, 0.25) is 0 Å². The van der Waals surface area contributed by atoms with Gasteiger partial charge in [-0.1, -0.05) is 0 Å². The number of urea groups is 1. The zero-order chi connectivity index (χ0) is 16.8. The molecular weight excluding hydrogens is 387 g/mol. The molecule has 23 heavy (non-hydrogen) atoms. The van der Waals surface area contributed by atoms with Gasteiger partial charge in [0.2, 0.25) is 0 Å². The number of nitroso groups, excluding NO2 is 1. The molecule has 7 nitrogen and oxygen atoms in total. The SMILES string of the molecule is Cc1ccc2[se]n(CCCNC(=O)N(CCCl)N=O)c(=O)c2c1. The molecular formula is C14H17ClN4O3Se. The molecule has 0 aliphatic rings. The second-order valence-corrected chi connectivity index (χ2v) is 7.59. The zero-order valence-corrected chi connectivity index (χ0v) is 15.1. The van der Waals surface area contributed by atoms with Gasteiger partial charge < -0.3 is 0 Å². The van der Waals surface area contributed by atoms with E-state index < -0.39 is 6.03 Å². The summed E-state index contributed by atoms with van der Waals surface area (Å²) >= 11 is 5.46. The fourth-order valence-corrected chi connectivity index (χ4v) is 4.39. The summed E-state index contributed by atoms with van der Waals surface area (Å²) in [5, 5.41) is 6.73. The van der Waals surface area contributed by atoms with E-state index in [-0.39, 0.29) is 32.7 Å². The van der Waals surface area contributed by atoms with Crippen LogP contribution < -0.4 is 10.9 Å². The molecule has 1 heterocycles. The van der Waals surface area contributed by atoms with Crippen LogP contribution in [0.15, 0.2) is 28.3 Å². The second kappa shape index (κ2) is 8.29. The fraction of sp³-hybridized carbons (Fsp3) is 0.429. The molecule has 0 saturated carbocycles. The van der Waals surface area contributed by atoms with E-state index in [1.807, 2.05) is 28.7 Å². The number of hydrogen-bond donors (Lipinski definition) is 1. The maximum absolute atomic E-state index is 12.3. The second-order valence-electron chi connectivity index (χ2n) is 4.98. The van der Waals surface area contributed by atoms with Crippen molar-refractivity contribution in [1.82, 2.24) is 13.9 Å². The van der Waals surface area contributed by atoms with Crippen LogP contribution in [0.1, 0.15) is 12.0 Å². The van der Waals surface area contributed by atoms with Gasteiger partial charge in [-0.05, 0) is 0 Å². The normalized spacial score (nSPS) is 10.7. The van der Waals surface area contributed by atoms with Crippen LogP contribution in [0.3, 0.4) is 0 Å². The van der Waals surface area contributed by atoms with Gasteiger partial charge in [0.05, 0.1) is 0 Å². The Hall–Kier alpha value is -1.63. The third kappa shape index (κ3) is 4.43. The number of carbonyl (C=O) groups is 1. The van der Waals surface area contributed by atoms with Crippen molar-refractivity contribution >= 4 is 42.0 Å². The summed E-state index contributed by atoms with van der Waals surface area (Å²) in [6.07, 6.45) is 0.611. The van der Waals surface area contributed by atoms with Crippen molar-refractivity contribution in [3.63, 3.8) is 0 Å². The van der Waals surface area contributed by atoms with Crippen molar-refractivity contribution in [2.45, 2.75) is 19.9 Å². The molecule has 0 aliphatic heterocycles. The third-order valence-corrected chi connectivity index (χ3v) is 5.77. The van der Waals surface area contributed by atoms with E-state index in [0.29, 0.717) is 19.5 Å². The number of halogens is 1. The molecule has 2 rings (SSSR count). The number of amides is 2. The zero-order valence-electron chi connectivity index (χ0n) is 12.6. The molecule has 0 atom stereocenters. The summed E-state index contributed by atoms with van der Waals surface area (Å²) in [6.45, 7) is 2.96. The first-order valence-electron chi connectivity index (χ1n) is 7.12. The number of hydrogen-bond acceptors (Lipinski definition) is 4. The predicted octanol–water partition coefficient (Wildman–Crippen LogP) is 1.69. The Bertz CT molecular complexity index is 758. The molecule has 1 aromatic heterocycles.